The van der Waals surface area contributed by atoms with E-state index in [0.29, 0.717) is 12.5 Å². The molecule has 0 unspecified atom stereocenters. The Labute approximate surface area is 122 Å². The number of aromatic nitrogens is 3. The maximum Gasteiger partial charge on any atom is 0.164 e. The van der Waals surface area contributed by atoms with Crippen molar-refractivity contribution in [2.45, 2.75) is 33.9 Å². The maximum absolute atomic E-state index is 5.74. The average Bonchev–Trinajstić information content (AvgIpc) is 2.75. The lowest BCUT2D eigenvalue weighted by Gasteiger charge is -2.12. The van der Waals surface area contributed by atoms with Gasteiger partial charge in [0, 0.05) is 16.6 Å². The summed E-state index contributed by atoms with van der Waals surface area (Å²) in [6.07, 6.45) is 0. The van der Waals surface area contributed by atoms with Crippen LogP contribution in [0.1, 0.15) is 25.2 Å². The van der Waals surface area contributed by atoms with Gasteiger partial charge in [-0.15, -0.1) is 10.2 Å². The molecule has 0 atom stereocenters. The average molecular weight is 323 g/mol. The van der Waals surface area contributed by atoms with Gasteiger partial charge in [-0.1, -0.05) is 35.8 Å². The highest BCUT2D eigenvalue weighted by atomic mass is 79.9. The first-order chi connectivity index (χ1) is 9.02. The quantitative estimate of drug-likeness (QED) is 0.940. The Morgan fingerprint density at radius 2 is 2.05 bits per heavy atom. The summed E-state index contributed by atoms with van der Waals surface area (Å²) >= 11 is 3.52. The molecule has 0 saturated heterocycles. The van der Waals surface area contributed by atoms with E-state index in [1.807, 2.05) is 6.07 Å². The molecule has 0 spiro atoms. The number of hydrogen-bond donors (Lipinski definition) is 1. The highest BCUT2D eigenvalue weighted by Crippen LogP contribution is 2.25. The lowest BCUT2D eigenvalue weighted by molar-refractivity contribution is 0.510. The molecule has 0 fully saturated rings. The number of hydrogen-bond acceptors (Lipinski definition) is 3. The zero-order chi connectivity index (χ0) is 14.0. The van der Waals surface area contributed by atoms with Crippen LogP contribution in [0, 0.1) is 12.8 Å². The van der Waals surface area contributed by atoms with Crippen LogP contribution in [-0.2, 0) is 13.1 Å². The lowest BCUT2D eigenvalue weighted by atomic mass is 10.1. The summed E-state index contributed by atoms with van der Waals surface area (Å²) in [7, 11) is 0. The summed E-state index contributed by atoms with van der Waals surface area (Å²) < 4.78 is 3.22. The molecule has 0 aliphatic heterocycles. The van der Waals surface area contributed by atoms with Gasteiger partial charge < -0.3 is 10.3 Å². The van der Waals surface area contributed by atoms with Crippen LogP contribution in [0.15, 0.2) is 22.7 Å². The number of halogens is 1. The third-order valence-corrected chi connectivity index (χ3v) is 3.86. The number of benzene rings is 1. The van der Waals surface area contributed by atoms with Gasteiger partial charge in [0.05, 0.1) is 6.54 Å². The second-order valence-corrected chi connectivity index (χ2v) is 5.97. The lowest BCUT2D eigenvalue weighted by Crippen LogP contribution is -2.13. The Hall–Kier alpha value is -1.20. The van der Waals surface area contributed by atoms with Crippen molar-refractivity contribution in [3.05, 3.63) is 34.1 Å². The summed E-state index contributed by atoms with van der Waals surface area (Å²) in [6, 6.07) is 6.21. The number of rotatable bonds is 4. The normalized spacial score (nSPS) is 11.3. The molecule has 0 aliphatic rings. The molecule has 1 aromatic heterocycles. The van der Waals surface area contributed by atoms with Crippen LogP contribution >= 0.6 is 15.9 Å². The van der Waals surface area contributed by atoms with Crippen LogP contribution in [0.3, 0.4) is 0 Å². The van der Waals surface area contributed by atoms with Gasteiger partial charge in [0.2, 0.25) is 0 Å². The standard InChI is InChI=1S/C14H19BrN4/c1-9(2)8-19-13(7-16)17-18-14(19)11-4-5-12(15)10(3)6-11/h4-6,9H,7-8,16H2,1-3H3. The second-order valence-electron chi connectivity index (χ2n) is 5.11. The van der Waals surface area contributed by atoms with Gasteiger partial charge in [0.15, 0.2) is 5.82 Å². The van der Waals surface area contributed by atoms with Crippen LogP contribution in [0.2, 0.25) is 0 Å². The van der Waals surface area contributed by atoms with E-state index in [0.717, 1.165) is 28.2 Å². The monoisotopic (exact) mass is 322 g/mol. The predicted molar refractivity (Wildman–Crippen MR) is 80.6 cm³/mol. The zero-order valence-electron chi connectivity index (χ0n) is 11.5. The van der Waals surface area contributed by atoms with Gasteiger partial charge in [0.1, 0.15) is 5.82 Å². The molecule has 1 aromatic carbocycles. The Balaban J connectivity index is 2.48. The molecule has 0 amide bonds. The first-order valence-electron chi connectivity index (χ1n) is 6.41. The van der Waals surface area contributed by atoms with Crippen molar-refractivity contribution in [3.8, 4) is 11.4 Å². The zero-order valence-corrected chi connectivity index (χ0v) is 13.1. The molecule has 0 radical (unpaired) electrons. The number of aryl methyl sites for hydroxylation is 1. The van der Waals surface area contributed by atoms with Crippen molar-refractivity contribution in [1.29, 1.82) is 0 Å². The summed E-state index contributed by atoms with van der Waals surface area (Å²) in [5.74, 6) is 2.26. The van der Waals surface area contributed by atoms with E-state index >= 15 is 0 Å². The fourth-order valence-electron chi connectivity index (χ4n) is 2.04. The third kappa shape index (κ3) is 3.04. The van der Waals surface area contributed by atoms with E-state index in [9.17, 15) is 0 Å². The second kappa shape index (κ2) is 5.84. The predicted octanol–water partition coefficient (Wildman–Crippen LogP) is 3.13. The van der Waals surface area contributed by atoms with Crippen molar-refractivity contribution < 1.29 is 0 Å². The van der Waals surface area contributed by atoms with Crippen molar-refractivity contribution in [3.63, 3.8) is 0 Å². The number of nitrogens with two attached hydrogens (primary N) is 1. The van der Waals surface area contributed by atoms with Crippen LogP contribution in [0.5, 0.6) is 0 Å². The molecule has 19 heavy (non-hydrogen) atoms. The molecule has 1 heterocycles. The van der Waals surface area contributed by atoms with Crippen LogP contribution < -0.4 is 5.73 Å². The SMILES string of the molecule is Cc1cc(-c2nnc(CN)n2CC(C)C)ccc1Br. The van der Waals surface area contributed by atoms with Crippen molar-refractivity contribution in [2.24, 2.45) is 11.7 Å². The third-order valence-electron chi connectivity index (χ3n) is 2.97. The Morgan fingerprint density at radius 3 is 2.63 bits per heavy atom. The van der Waals surface area contributed by atoms with E-state index in [4.69, 9.17) is 5.73 Å². The van der Waals surface area contributed by atoms with Crippen LogP contribution in [0.25, 0.3) is 11.4 Å². The molecular formula is C14H19BrN4. The summed E-state index contributed by atoms with van der Waals surface area (Å²) in [5.41, 5.74) is 8.00. The van der Waals surface area contributed by atoms with E-state index in [1.165, 1.54) is 5.56 Å². The summed E-state index contributed by atoms with van der Waals surface area (Å²) in [6.45, 7) is 7.72. The van der Waals surface area contributed by atoms with Gasteiger partial charge in [-0.05, 0) is 30.5 Å². The molecule has 0 aliphatic carbocycles. The minimum atomic E-state index is 0.412. The Kier molecular flexibility index (Phi) is 4.37. The first kappa shape index (κ1) is 14.2. The van der Waals surface area contributed by atoms with Gasteiger partial charge >= 0.3 is 0 Å². The van der Waals surface area contributed by atoms with Crippen molar-refractivity contribution in [2.75, 3.05) is 0 Å². The smallest absolute Gasteiger partial charge is 0.164 e. The molecule has 0 saturated carbocycles. The van der Waals surface area contributed by atoms with Gasteiger partial charge in [-0.2, -0.15) is 0 Å². The molecule has 5 heteroatoms. The van der Waals surface area contributed by atoms with Crippen LogP contribution in [0.4, 0.5) is 0 Å². The highest BCUT2D eigenvalue weighted by Gasteiger charge is 2.14. The van der Waals surface area contributed by atoms with Crippen molar-refractivity contribution in [1.82, 2.24) is 14.8 Å². The largest absolute Gasteiger partial charge is 0.324 e. The van der Waals surface area contributed by atoms with Gasteiger partial charge in [-0.25, -0.2) is 0 Å². The van der Waals surface area contributed by atoms with Crippen LogP contribution in [-0.4, -0.2) is 14.8 Å². The van der Waals surface area contributed by atoms with Gasteiger partial charge in [-0.3, -0.25) is 0 Å². The molecular weight excluding hydrogens is 304 g/mol. The molecule has 2 rings (SSSR count). The number of nitrogens with zero attached hydrogens (tertiary/aromatic N) is 3. The van der Waals surface area contributed by atoms with Gasteiger partial charge in [0.25, 0.3) is 0 Å². The Bertz CT molecular complexity index is 575. The summed E-state index contributed by atoms with van der Waals surface area (Å²) in [5, 5.41) is 8.49. The fourth-order valence-corrected chi connectivity index (χ4v) is 2.29. The topological polar surface area (TPSA) is 56.7 Å². The van der Waals surface area contributed by atoms with E-state index in [1.54, 1.807) is 0 Å². The van der Waals surface area contributed by atoms with Crippen molar-refractivity contribution >= 4 is 15.9 Å². The minimum Gasteiger partial charge on any atom is -0.324 e. The van der Waals surface area contributed by atoms with E-state index in [-0.39, 0.29) is 0 Å². The molecule has 0 bridgehead atoms. The summed E-state index contributed by atoms with van der Waals surface area (Å²) in [4.78, 5) is 0. The van der Waals surface area contributed by atoms with E-state index < -0.39 is 0 Å². The molecule has 2 N–H and O–H groups in total. The molecule has 2 aromatic rings. The fraction of sp³-hybridized carbons (Fsp3) is 0.429. The molecule has 102 valence electrons. The Morgan fingerprint density at radius 1 is 1.32 bits per heavy atom. The first-order valence-corrected chi connectivity index (χ1v) is 7.21. The highest BCUT2D eigenvalue weighted by molar-refractivity contribution is 9.10. The van der Waals surface area contributed by atoms with E-state index in [2.05, 4.69) is 63.6 Å². The minimum absolute atomic E-state index is 0.412. The maximum atomic E-state index is 5.74. The molecule has 4 nitrogen and oxygen atoms in total.